The van der Waals surface area contributed by atoms with Gasteiger partial charge in [-0.3, -0.25) is 0 Å². The Balaban J connectivity index is 2.49. The monoisotopic (exact) mass is 242 g/mol. The summed E-state index contributed by atoms with van der Waals surface area (Å²) in [6.45, 7) is 5.23. The highest BCUT2D eigenvalue weighted by molar-refractivity contribution is 5.73. The van der Waals surface area contributed by atoms with E-state index in [0.717, 1.165) is 22.6 Å². The van der Waals surface area contributed by atoms with Crippen molar-refractivity contribution in [3.05, 3.63) is 48.5 Å². The summed E-state index contributed by atoms with van der Waals surface area (Å²) >= 11 is 0. The molecule has 0 unspecified atom stereocenters. The van der Waals surface area contributed by atoms with Crippen LogP contribution in [0.4, 0.5) is 0 Å². The molecule has 0 spiro atoms. The molecule has 0 heterocycles. The molecule has 2 rings (SSSR count). The van der Waals surface area contributed by atoms with E-state index in [4.69, 9.17) is 9.47 Å². The van der Waals surface area contributed by atoms with Crippen molar-refractivity contribution in [1.29, 1.82) is 0 Å². The van der Waals surface area contributed by atoms with Crippen molar-refractivity contribution in [2.75, 3.05) is 13.2 Å². The zero-order valence-corrected chi connectivity index (χ0v) is 10.8. The Labute approximate surface area is 108 Å². The molecule has 2 aromatic rings. The highest BCUT2D eigenvalue weighted by Gasteiger charge is 2.11. The molecule has 0 amide bonds. The second-order valence-corrected chi connectivity index (χ2v) is 3.86. The van der Waals surface area contributed by atoms with Crippen molar-refractivity contribution in [2.45, 2.75) is 13.8 Å². The number of para-hydroxylation sites is 1. The second-order valence-electron chi connectivity index (χ2n) is 3.86. The smallest absolute Gasteiger partial charge is 0.168 e. The second kappa shape index (κ2) is 6.10. The molecule has 0 aromatic heterocycles. The van der Waals surface area contributed by atoms with Crippen molar-refractivity contribution in [3.63, 3.8) is 0 Å². The van der Waals surface area contributed by atoms with Gasteiger partial charge >= 0.3 is 0 Å². The summed E-state index contributed by atoms with van der Waals surface area (Å²) in [4.78, 5) is 0. The summed E-state index contributed by atoms with van der Waals surface area (Å²) in [6, 6.07) is 16.2. The van der Waals surface area contributed by atoms with Gasteiger partial charge in [0.2, 0.25) is 0 Å². The lowest BCUT2D eigenvalue weighted by molar-refractivity contribution is 0.289. The minimum absolute atomic E-state index is 0.629. The van der Waals surface area contributed by atoms with E-state index < -0.39 is 0 Å². The van der Waals surface area contributed by atoms with E-state index in [1.165, 1.54) is 0 Å². The Morgan fingerprint density at radius 3 is 2.17 bits per heavy atom. The molecule has 2 aromatic carbocycles. The molecular weight excluding hydrogens is 224 g/mol. The maximum atomic E-state index is 5.75. The van der Waals surface area contributed by atoms with Crippen LogP contribution < -0.4 is 9.47 Å². The predicted molar refractivity (Wildman–Crippen MR) is 74.2 cm³/mol. The van der Waals surface area contributed by atoms with E-state index in [2.05, 4.69) is 18.2 Å². The largest absolute Gasteiger partial charge is 0.490 e. The van der Waals surface area contributed by atoms with Gasteiger partial charge in [0.25, 0.3) is 0 Å². The quantitative estimate of drug-likeness (QED) is 0.784. The van der Waals surface area contributed by atoms with Crippen LogP contribution in [0.1, 0.15) is 13.8 Å². The van der Waals surface area contributed by atoms with Gasteiger partial charge in [0.05, 0.1) is 13.2 Å². The molecule has 0 aliphatic carbocycles. The first-order chi connectivity index (χ1) is 8.86. The van der Waals surface area contributed by atoms with E-state index in [1.807, 2.05) is 44.2 Å². The first-order valence-electron chi connectivity index (χ1n) is 6.30. The van der Waals surface area contributed by atoms with E-state index in [1.54, 1.807) is 0 Å². The van der Waals surface area contributed by atoms with Gasteiger partial charge in [-0.25, -0.2) is 0 Å². The maximum Gasteiger partial charge on any atom is 0.168 e. The van der Waals surface area contributed by atoms with Crippen molar-refractivity contribution in [3.8, 4) is 22.6 Å². The van der Waals surface area contributed by atoms with E-state index in [9.17, 15) is 0 Å². The summed E-state index contributed by atoms with van der Waals surface area (Å²) < 4.78 is 11.4. The lowest BCUT2D eigenvalue weighted by atomic mass is 10.0. The molecular formula is C16H18O2. The van der Waals surface area contributed by atoms with E-state index in [0.29, 0.717) is 13.2 Å². The third-order valence-corrected chi connectivity index (χ3v) is 2.65. The molecule has 0 N–H and O–H groups in total. The van der Waals surface area contributed by atoms with Crippen LogP contribution >= 0.6 is 0 Å². The van der Waals surface area contributed by atoms with Crippen molar-refractivity contribution in [2.24, 2.45) is 0 Å². The standard InChI is InChI=1S/C16H18O2/c1-3-17-15-12-8-11-14(16(15)18-4-2)13-9-6-5-7-10-13/h5-12H,3-4H2,1-2H3. The Morgan fingerprint density at radius 2 is 1.50 bits per heavy atom. The number of ether oxygens (including phenoxy) is 2. The Kier molecular flexibility index (Phi) is 4.24. The maximum absolute atomic E-state index is 5.75. The third kappa shape index (κ3) is 2.65. The number of hydrogen-bond acceptors (Lipinski definition) is 2. The molecule has 2 nitrogen and oxygen atoms in total. The Morgan fingerprint density at radius 1 is 0.778 bits per heavy atom. The van der Waals surface area contributed by atoms with Crippen LogP contribution in [0.2, 0.25) is 0 Å². The number of rotatable bonds is 5. The van der Waals surface area contributed by atoms with Gasteiger partial charge in [-0.15, -0.1) is 0 Å². The van der Waals surface area contributed by atoms with Gasteiger partial charge in [0.15, 0.2) is 11.5 Å². The molecule has 0 bridgehead atoms. The van der Waals surface area contributed by atoms with Crippen LogP contribution in [-0.2, 0) is 0 Å². The highest BCUT2D eigenvalue weighted by Crippen LogP contribution is 2.38. The molecule has 0 aliphatic heterocycles. The summed E-state index contributed by atoms with van der Waals surface area (Å²) in [6.07, 6.45) is 0. The molecule has 2 heteroatoms. The minimum atomic E-state index is 0.629. The molecule has 94 valence electrons. The van der Waals surface area contributed by atoms with Gasteiger partial charge < -0.3 is 9.47 Å². The topological polar surface area (TPSA) is 18.5 Å². The van der Waals surface area contributed by atoms with Gasteiger partial charge in [0.1, 0.15) is 0 Å². The average molecular weight is 242 g/mol. The third-order valence-electron chi connectivity index (χ3n) is 2.65. The fraction of sp³-hybridized carbons (Fsp3) is 0.250. The van der Waals surface area contributed by atoms with Crippen LogP contribution in [0, 0.1) is 0 Å². The Hall–Kier alpha value is -1.96. The highest BCUT2D eigenvalue weighted by atomic mass is 16.5. The first kappa shape index (κ1) is 12.5. The van der Waals surface area contributed by atoms with Crippen LogP contribution in [-0.4, -0.2) is 13.2 Å². The summed E-state index contributed by atoms with van der Waals surface area (Å²) in [5.74, 6) is 1.63. The molecule has 0 saturated carbocycles. The van der Waals surface area contributed by atoms with Crippen LogP contribution in [0.15, 0.2) is 48.5 Å². The summed E-state index contributed by atoms with van der Waals surface area (Å²) in [7, 11) is 0. The SMILES string of the molecule is CCOc1cccc(-c2ccccc2)c1OCC. The first-order valence-corrected chi connectivity index (χ1v) is 6.30. The molecule has 0 saturated heterocycles. The van der Waals surface area contributed by atoms with Crippen LogP contribution in [0.25, 0.3) is 11.1 Å². The Bertz CT molecular complexity index is 492. The molecule has 0 atom stereocenters. The van der Waals surface area contributed by atoms with Crippen molar-refractivity contribution in [1.82, 2.24) is 0 Å². The molecule has 0 aliphatic rings. The van der Waals surface area contributed by atoms with Crippen LogP contribution in [0.3, 0.4) is 0 Å². The molecule has 0 radical (unpaired) electrons. The average Bonchev–Trinajstić information content (AvgIpc) is 2.42. The number of hydrogen-bond donors (Lipinski definition) is 0. The van der Waals surface area contributed by atoms with Crippen molar-refractivity contribution >= 4 is 0 Å². The molecule has 18 heavy (non-hydrogen) atoms. The predicted octanol–water partition coefficient (Wildman–Crippen LogP) is 4.15. The van der Waals surface area contributed by atoms with Gasteiger partial charge in [0, 0.05) is 5.56 Å². The van der Waals surface area contributed by atoms with Gasteiger partial charge in [-0.2, -0.15) is 0 Å². The summed E-state index contributed by atoms with van der Waals surface area (Å²) in [5, 5.41) is 0. The normalized spacial score (nSPS) is 10.1. The zero-order chi connectivity index (χ0) is 12.8. The van der Waals surface area contributed by atoms with E-state index >= 15 is 0 Å². The molecule has 0 fully saturated rings. The number of benzene rings is 2. The fourth-order valence-corrected chi connectivity index (χ4v) is 1.92. The minimum Gasteiger partial charge on any atom is -0.490 e. The van der Waals surface area contributed by atoms with Crippen LogP contribution in [0.5, 0.6) is 11.5 Å². The van der Waals surface area contributed by atoms with Gasteiger partial charge in [-0.05, 0) is 25.5 Å². The van der Waals surface area contributed by atoms with E-state index in [-0.39, 0.29) is 0 Å². The summed E-state index contributed by atoms with van der Waals surface area (Å²) in [5.41, 5.74) is 2.21. The van der Waals surface area contributed by atoms with Crippen molar-refractivity contribution < 1.29 is 9.47 Å². The lowest BCUT2D eigenvalue weighted by Gasteiger charge is -2.15. The lowest BCUT2D eigenvalue weighted by Crippen LogP contribution is -1.99. The fourth-order valence-electron chi connectivity index (χ4n) is 1.92. The zero-order valence-electron chi connectivity index (χ0n) is 10.8. The van der Waals surface area contributed by atoms with Gasteiger partial charge in [-0.1, -0.05) is 42.5 Å².